The lowest BCUT2D eigenvalue weighted by molar-refractivity contribution is 0.609. The van der Waals surface area contributed by atoms with Crippen LogP contribution in [0.5, 0.6) is 0 Å². The molecule has 0 unspecified atom stereocenters. The lowest BCUT2D eigenvalue weighted by Gasteiger charge is -2.07. The molecule has 0 atom stereocenters. The highest BCUT2D eigenvalue weighted by atomic mass is 79.9. The second-order valence-electron chi connectivity index (χ2n) is 2.62. The molecule has 0 aliphatic heterocycles. The van der Waals surface area contributed by atoms with Gasteiger partial charge in [-0.25, -0.2) is 8.42 Å². The van der Waals surface area contributed by atoms with E-state index in [4.69, 9.17) is 15.9 Å². The first kappa shape index (κ1) is 12.8. The van der Waals surface area contributed by atoms with Crippen LogP contribution >= 0.6 is 39.2 Å². The Bertz CT molecular complexity index is 536. The van der Waals surface area contributed by atoms with Gasteiger partial charge in [0.1, 0.15) is 6.07 Å². The van der Waals surface area contributed by atoms with Crippen LogP contribution in [-0.2, 0) is 14.4 Å². The van der Waals surface area contributed by atoms with Gasteiger partial charge in [-0.2, -0.15) is 5.26 Å². The molecule has 0 aliphatic rings. The maximum atomic E-state index is 11.2. The molecular formula is C8H5BrClNO2S2. The molecule has 1 rings (SSSR count). The molecular weight excluding hydrogens is 322 g/mol. The van der Waals surface area contributed by atoms with Gasteiger partial charge in [0.15, 0.2) is 0 Å². The van der Waals surface area contributed by atoms with Gasteiger partial charge < -0.3 is 0 Å². The van der Waals surface area contributed by atoms with Crippen molar-refractivity contribution in [2.24, 2.45) is 0 Å². The first-order valence-corrected chi connectivity index (χ1v) is 7.55. The average molecular weight is 327 g/mol. The zero-order chi connectivity index (χ0) is 11.6. The molecule has 0 radical (unpaired) electrons. The first-order chi connectivity index (χ1) is 6.91. The van der Waals surface area contributed by atoms with Crippen LogP contribution in [0.3, 0.4) is 0 Å². The van der Waals surface area contributed by atoms with Crippen molar-refractivity contribution in [1.29, 1.82) is 5.26 Å². The third-order valence-electron chi connectivity index (χ3n) is 1.76. The fourth-order valence-electron chi connectivity index (χ4n) is 1.10. The number of hydrogen-bond donors (Lipinski definition) is 1. The lowest BCUT2D eigenvalue weighted by atomic mass is 10.1. The summed E-state index contributed by atoms with van der Waals surface area (Å²) in [6, 6.07) is 4.67. The predicted molar refractivity (Wildman–Crippen MR) is 64.1 cm³/mol. The van der Waals surface area contributed by atoms with E-state index in [1.54, 1.807) is 0 Å². The summed E-state index contributed by atoms with van der Waals surface area (Å²) in [5.41, 5.74) is 0.553. The number of nitrogens with zero attached hydrogens (tertiary/aromatic N) is 1. The van der Waals surface area contributed by atoms with E-state index in [0.29, 0.717) is 10.5 Å². The smallest absolute Gasteiger partial charge is 0.207 e. The number of alkyl halides is 1. The zero-order valence-corrected chi connectivity index (χ0v) is 11.3. The Morgan fingerprint density at radius 1 is 1.53 bits per heavy atom. The number of halogens is 2. The van der Waals surface area contributed by atoms with Crippen molar-refractivity contribution in [3.8, 4) is 6.07 Å². The number of benzene rings is 1. The van der Waals surface area contributed by atoms with Crippen molar-refractivity contribution in [2.75, 3.05) is 0 Å². The Balaban J connectivity index is 3.66. The van der Waals surface area contributed by atoms with Crippen molar-refractivity contribution in [3.63, 3.8) is 0 Å². The van der Waals surface area contributed by atoms with Gasteiger partial charge in [-0.05, 0) is 12.1 Å². The maximum Gasteiger partial charge on any atom is 0.261 e. The van der Waals surface area contributed by atoms with Gasteiger partial charge in [0.25, 0.3) is 9.05 Å². The number of rotatable bonds is 2. The summed E-state index contributed by atoms with van der Waals surface area (Å²) < 4.78 is 22.4. The van der Waals surface area contributed by atoms with E-state index in [9.17, 15) is 8.42 Å². The Morgan fingerprint density at radius 2 is 2.13 bits per heavy atom. The minimum absolute atomic E-state index is 0.0598. The monoisotopic (exact) mass is 325 g/mol. The molecule has 0 aromatic heterocycles. The molecule has 0 heterocycles. The molecule has 0 saturated carbocycles. The average Bonchev–Trinajstić information content (AvgIpc) is 2.15. The van der Waals surface area contributed by atoms with Gasteiger partial charge in [-0.3, -0.25) is 0 Å². The minimum atomic E-state index is -3.84. The summed E-state index contributed by atoms with van der Waals surface area (Å²) in [5, 5.41) is 9.09. The maximum absolute atomic E-state index is 11.2. The molecule has 1 aromatic rings. The van der Waals surface area contributed by atoms with Gasteiger partial charge >= 0.3 is 0 Å². The van der Waals surface area contributed by atoms with E-state index in [-0.39, 0.29) is 15.8 Å². The highest BCUT2D eigenvalue weighted by molar-refractivity contribution is 9.08. The Morgan fingerprint density at radius 3 is 2.53 bits per heavy atom. The van der Waals surface area contributed by atoms with Gasteiger partial charge in [0, 0.05) is 26.5 Å². The van der Waals surface area contributed by atoms with Crippen LogP contribution in [0, 0.1) is 11.3 Å². The summed E-state index contributed by atoms with van der Waals surface area (Å²) in [5.74, 6) is 0. The highest BCUT2D eigenvalue weighted by Gasteiger charge is 2.19. The molecule has 0 N–H and O–H groups in total. The quantitative estimate of drug-likeness (QED) is 0.516. The van der Waals surface area contributed by atoms with Crippen LogP contribution in [0.15, 0.2) is 21.9 Å². The van der Waals surface area contributed by atoms with Gasteiger partial charge in [-0.15, -0.1) is 12.6 Å². The Hall–Kier alpha value is -0.220. The summed E-state index contributed by atoms with van der Waals surface area (Å²) >= 11 is 7.18. The molecule has 7 heteroatoms. The van der Waals surface area contributed by atoms with Crippen LogP contribution < -0.4 is 0 Å². The third kappa shape index (κ3) is 2.67. The SMILES string of the molecule is N#Cc1c(S)ccc(S(=O)(=O)Cl)c1CBr. The molecule has 80 valence electrons. The standard InChI is InChI=1S/C8H5BrClNO2S2/c9-3-5-6(4-11)7(14)1-2-8(5)15(10,12)13/h1-2,14H,3H2. The van der Waals surface area contributed by atoms with Gasteiger partial charge in [0.2, 0.25) is 0 Å². The molecule has 3 nitrogen and oxygen atoms in total. The van der Waals surface area contributed by atoms with E-state index in [1.807, 2.05) is 6.07 Å². The first-order valence-electron chi connectivity index (χ1n) is 3.67. The van der Waals surface area contributed by atoms with Crippen LogP contribution in [0.2, 0.25) is 0 Å². The Kier molecular flexibility index (Phi) is 4.06. The Labute approximate surface area is 106 Å². The second kappa shape index (κ2) is 4.74. The van der Waals surface area contributed by atoms with Crippen LogP contribution in [0.25, 0.3) is 0 Å². The van der Waals surface area contributed by atoms with Crippen molar-refractivity contribution in [1.82, 2.24) is 0 Å². The van der Waals surface area contributed by atoms with Crippen molar-refractivity contribution in [2.45, 2.75) is 15.1 Å². The fraction of sp³-hybridized carbons (Fsp3) is 0.125. The normalized spacial score (nSPS) is 11.1. The second-order valence-corrected chi connectivity index (χ2v) is 6.20. The van der Waals surface area contributed by atoms with E-state index >= 15 is 0 Å². The number of nitriles is 1. The molecule has 0 saturated heterocycles. The van der Waals surface area contributed by atoms with E-state index in [1.165, 1.54) is 12.1 Å². The number of thiol groups is 1. The molecule has 0 aliphatic carbocycles. The van der Waals surface area contributed by atoms with Gasteiger partial charge in [-0.1, -0.05) is 15.9 Å². The molecule has 0 bridgehead atoms. The summed E-state index contributed by atoms with van der Waals surface area (Å²) in [6.45, 7) is 0. The van der Waals surface area contributed by atoms with E-state index in [0.717, 1.165) is 0 Å². The predicted octanol–water partition coefficient (Wildman–Crippen LogP) is 2.67. The van der Waals surface area contributed by atoms with E-state index < -0.39 is 9.05 Å². The fourth-order valence-corrected chi connectivity index (χ4v) is 3.26. The topological polar surface area (TPSA) is 57.9 Å². The third-order valence-corrected chi connectivity index (χ3v) is 4.10. The van der Waals surface area contributed by atoms with Crippen LogP contribution in [0.4, 0.5) is 0 Å². The minimum Gasteiger partial charge on any atom is -0.207 e. The van der Waals surface area contributed by atoms with Crippen molar-refractivity contribution < 1.29 is 8.42 Å². The van der Waals surface area contributed by atoms with Crippen molar-refractivity contribution in [3.05, 3.63) is 23.3 Å². The van der Waals surface area contributed by atoms with Crippen molar-refractivity contribution >= 4 is 48.3 Å². The van der Waals surface area contributed by atoms with Gasteiger partial charge in [0.05, 0.1) is 10.5 Å². The zero-order valence-electron chi connectivity index (χ0n) is 7.24. The molecule has 0 spiro atoms. The summed E-state index contributed by atoms with van der Waals surface area (Å²) in [4.78, 5) is 0.367. The molecule has 0 fully saturated rings. The number of hydrogen-bond acceptors (Lipinski definition) is 4. The summed E-state index contributed by atoms with van der Waals surface area (Å²) in [6.07, 6.45) is 0. The molecule has 1 aromatic carbocycles. The molecule has 0 amide bonds. The largest absolute Gasteiger partial charge is 0.261 e. The van der Waals surface area contributed by atoms with E-state index in [2.05, 4.69) is 28.6 Å². The van der Waals surface area contributed by atoms with Crippen LogP contribution in [0.1, 0.15) is 11.1 Å². The summed E-state index contributed by atoms with van der Waals surface area (Å²) in [7, 11) is 1.40. The highest BCUT2D eigenvalue weighted by Crippen LogP contribution is 2.28. The lowest BCUT2D eigenvalue weighted by Crippen LogP contribution is -2.00. The molecule has 15 heavy (non-hydrogen) atoms. The van der Waals surface area contributed by atoms with Crippen LogP contribution in [-0.4, -0.2) is 8.42 Å².